The van der Waals surface area contributed by atoms with Crippen molar-refractivity contribution in [3.8, 4) is 5.75 Å². The summed E-state index contributed by atoms with van der Waals surface area (Å²) in [5.74, 6) is 1.09. The van der Waals surface area contributed by atoms with Crippen LogP contribution in [0.2, 0.25) is 0 Å². The van der Waals surface area contributed by atoms with E-state index in [-0.39, 0.29) is 18.4 Å². The van der Waals surface area contributed by atoms with E-state index >= 15 is 0 Å². The third-order valence-corrected chi connectivity index (χ3v) is 3.35. The van der Waals surface area contributed by atoms with Gasteiger partial charge in [0.05, 0.1) is 7.11 Å². The fraction of sp³-hybridized carbons (Fsp3) is 0.353. The molecule has 7 nitrogen and oxygen atoms in total. The Bertz CT molecular complexity index is 694. The molecule has 1 aromatic carbocycles. The second kappa shape index (κ2) is 8.14. The summed E-state index contributed by atoms with van der Waals surface area (Å²) in [6, 6.07) is 8.42. The van der Waals surface area contributed by atoms with Gasteiger partial charge in [-0.15, -0.1) is 0 Å². The van der Waals surface area contributed by atoms with Crippen molar-refractivity contribution in [3.63, 3.8) is 0 Å². The lowest BCUT2D eigenvalue weighted by molar-refractivity contribution is -0.116. The van der Waals surface area contributed by atoms with E-state index in [0.717, 1.165) is 6.42 Å². The monoisotopic (exact) mass is 331 g/mol. The molecule has 24 heavy (non-hydrogen) atoms. The molecule has 0 spiro atoms. The van der Waals surface area contributed by atoms with Crippen LogP contribution in [0.3, 0.4) is 0 Å². The van der Waals surface area contributed by atoms with Crippen molar-refractivity contribution in [1.29, 1.82) is 0 Å². The number of benzene rings is 1. The Hall–Kier alpha value is -2.83. The molecule has 2 amide bonds. The molecule has 0 fully saturated rings. The van der Waals surface area contributed by atoms with Gasteiger partial charge in [-0.2, -0.15) is 0 Å². The number of rotatable bonds is 7. The predicted molar refractivity (Wildman–Crippen MR) is 89.1 cm³/mol. The Morgan fingerprint density at radius 3 is 2.54 bits per heavy atom. The van der Waals surface area contributed by atoms with Crippen molar-refractivity contribution in [2.75, 3.05) is 25.5 Å². The van der Waals surface area contributed by atoms with Crippen molar-refractivity contribution in [3.05, 3.63) is 41.7 Å². The lowest BCUT2D eigenvalue weighted by Crippen LogP contribution is -2.38. The first kappa shape index (κ1) is 17.5. The number of methoxy groups -OCH3 is 1. The molecule has 2 rings (SSSR count). The smallest absolute Gasteiger partial charge is 0.254 e. The SMILES string of the molecule is CCCN(CC(=O)Nc1cc(C)on1)C(=O)c1ccc(OC)cc1. The first-order valence-electron chi connectivity index (χ1n) is 7.70. The largest absolute Gasteiger partial charge is 0.497 e. The van der Waals surface area contributed by atoms with E-state index in [1.807, 2.05) is 6.92 Å². The van der Waals surface area contributed by atoms with Gasteiger partial charge in [-0.25, -0.2) is 0 Å². The standard InChI is InChI=1S/C17H21N3O4/c1-4-9-20(11-16(21)18-15-10-12(2)24-19-15)17(22)13-5-7-14(23-3)8-6-13/h5-8,10H,4,9,11H2,1-3H3,(H,18,19,21). The number of ether oxygens (including phenoxy) is 1. The zero-order valence-corrected chi connectivity index (χ0v) is 14.0. The third-order valence-electron chi connectivity index (χ3n) is 3.35. The van der Waals surface area contributed by atoms with Crippen LogP contribution < -0.4 is 10.1 Å². The van der Waals surface area contributed by atoms with Crippen LogP contribution in [0.5, 0.6) is 5.75 Å². The first-order valence-corrected chi connectivity index (χ1v) is 7.70. The quantitative estimate of drug-likeness (QED) is 0.842. The highest BCUT2D eigenvalue weighted by atomic mass is 16.5. The molecule has 0 radical (unpaired) electrons. The third kappa shape index (κ3) is 4.58. The number of nitrogens with zero attached hydrogens (tertiary/aromatic N) is 2. The topological polar surface area (TPSA) is 84.7 Å². The minimum absolute atomic E-state index is 0.0510. The first-order chi connectivity index (χ1) is 11.5. The van der Waals surface area contributed by atoms with Gasteiger partial charge in [0.25, 0.3) is 5.91 Å². The van der Waals surface area contributed by atoms with Crippen molar-refractivity contribution in [2.45, 2.75) is 20.3 Å². The number of nitrogens with one attached hydrogen (secondary N) is 1. The summed E-state index contributed by atoms with van der Waals surface area (Å²) >= 11 is 0. The minimum Gasteiger partial charge on any atom is -0.497 e. The predicted octanol–water partition coefficient (Wildman–Crippen LogP) is 2.48. The molecule has 1 N–H and O–H groups in total. The van der Waals surface area contributed by atoms with Gasteiger partial charge in [0.15, 0.2) is 5.82 Å². The maximum Gasteiger partial charge on any atom is 0.254 e. The van der Waals surface area contributed by atoms with Crippen LogP contribution in [0.1, 0.15) is 29.5 Å². The average molecular weight is 331 g/mol. The maximum atomic E-state index is 12.6. The molecule has 0 atom stereocenters. The van der Waals surface area contributed by atoms with Crippen molar-refractivity contribution >= 4 is 17.6 Å². The summed E-state index contributed by atoms with van der Waals surface area (Å²) in [4.78, 5) is 26.2. The molecule has 1 aromatic heterocycles. The summed E-state index contributed by atoms with van der Waals surface area (Å²) in [5, 5.41) is 6.33. The highest BCUT2D eigenvalue weighted by Crippen LogP contribution is 2.14. The Kier molecular flexibility index (Phi) is 5.95. The second-order valence-electron chi connectivity index (χ2n) is 5.33. The Labute approximate surface area is 140 Å². The molecule has 0 aliphatic heterocycles. The molecular weight excluding hydrogens is 310 g/mol. The van der Waals surface area contributed by atoms with E-state index in [1.165, 1.54) is 4.90 Å². The second-order valence-corrected chi connectivity index (χ2v) is 5.33. The number of carbonyl (C=O) groups is 2. The van der Waals surface area contributed by atoms with Crippen molar-refractivity contribution in [1.82, 2.24) is 10.1 Å². The summed E-state index contributed by atoms with van der Waals surface area (Å²) in [6.07, 6.45) is 0.748. The van der Waals surface area contributed by atoms with Crippen LogP contribution in [0, 0.1) is 6.92 Å². The molecule has 0 aliphatic carbocycles. The van der Waals surface area contributed by atoms with Crippen LogP contribution in [-0.2, 0) is 4.79 Å². The zero-order chi connectivity index (χ0) is 17.5. The number of anilines is 1. The van der Waals surface area contributed by atoms with E-state index < -0.39 is 0 Å². The van der Waals surface area contributed by atoms with Crippen LogP contribution in [0.15, 0.2) is 34.9 Å². The van der Waals surface area contributed by atoms with E-state index in [2.05, 4.69) is 10.5 Å². The lowest BCUT2D eigenvalue weighted by Gasteiger charge is -2.21. The summed E-state index contributed by atoms with van der Waals surface area (Å²) < 4.78 is 9.98. The summed E-state index contributed by atoms with van der Waals surface area (Å²) in [6.45, 7) is 4.12. The van der Waals surface area contributed by atoms with Crippen LogP contribution in [-0.4, -0.2) is 42.1 Å². The number of aromatic nitrogens is 1. The van der Waals surface area contributed by atoms with Gasteiger partial charge < -0.3 is 19.5 Å². The lowest BCUT2D eigenvalue weighted by atomic mass is 10.2. The van der Waals surface area contributed by atoms with Gasteiger partial charge in [-0.05, 0) is 37.6 Å². The van der Waals surface area contributed by atoms with E-state index in [9.17, 15) is 9.59 Å². The molecular formula is C17H21N3O4. The number of aryl methyl sites for hydroxylation is 1. The highest BCUT2D eigenvalue weighted by molar-refractivity contribution is 5.99. The fourth-order valence-corrected chi connectivity index (χ4v) is 2.22. The van der Waals surface area contributed by atoms with Gasteiger partial charge in [-0.1, -0.05) is 12.1 Å². The minimum atomic E-state index is -0.321. The Balaban J connectivity index is 2.03. The van der Waals surface area contributed by atoms with E-state index in [1.54, 1.807) is 44.4 Å². The normalized spacial score (nSPS) is 10.3. The molecule has 2 aromatic rings. The Morgan fingerprint density at radius 2 is 2.00 bits per heavy atom. The molecule has 128 valence electrons. The molecule has 0 bridgehead atoms. The highest BCUT2D eigenvalue weighted by Gasteiger charge is 2.19. The summed E-state index contributed by atoms with van der Waals surface area (Å²) in [5.41, 5.74) is 0.509. The fourth-order valence-electron chi connectivity index (χ4n) is 2.22. The van der Waals surface area contributed by atoms with Gasteiger partial charge in [-0.3, -0.25) is 9.59 Å². The van der Waals surface area contributed by atoms with E-state index in [0.29, 0.717) is 29.4 Å². The van der Waals surface area contributed by atoms with Crippen molar-refractivity contribution < 1.29 is 18.8 Å². The van der Waals surface area contributed by atoms with Crippen LogP contribution in [0.25, 0.3) is 0 Å². The van der Waals surface area contributed by atoms with Crippen molar-refractivity contribution in [2.24, 2.45) is 0 Å². The Morgan fingerprint density at radius 1 is 1.29 bits per heavy atom. The van der Waals surface area contributed by atoms with Crippen LogP contribution in [0.4, 0.5) is 5.82 Å². The number of amides is 2. The van der Waals surface area contributed by atoms with Gasteiger partial charge in [0.2, 0.25) is 5.91 Å². The number of hydrogen-bond donors (Lipinski definition) is 1. The zero-order valence-electron chi connectivity index (χ0n) is 14.0. The van der Waals surface area contributed by atoms with Gasteiger partial charge in [0.1, 0.15) is 18.1 Å². The number of carbonyl (C=O) groups excluding carboxylic acids is 2. The van der Waals surface area contributed by atoms with Gasteiger partial charge in [0, 0.05) is 18.2 Å². The average Bonchev–Trinajstić information content (AvgIpc) is 2.98. The van der Waals surface area contributed by atoms with Crippen LogP contribution >= 0.6 is 0 Å². The molecule has 0 saturated heterocycles. The molecule has 0 unspecified atom stereocenters. The summed E-state index contributed by atoms with van der Waals surface area (Å²) in [7, 11) is 1.57. The number of hydrogen-bond acceptors (Lipinski definition) is 5. The molecule has 1 heterocycles. The molecule has 0 saturated carbocycles. The molecule has 0 aliphatic rings. The molecule has 7 heteroatoms. The maximum absolute atomic E-state index is 12.6. The van der Waals surface area contributed by atoms with E-state index in [4.69, 9.17) is 9.26 Å². The van der Waals surface area contributed by atoms with Gasteiger partial charge >= 0.3 is 0 Å².